The predicted molar refractivity (Wildman–Crippen MR) is 75.0 cm³/mol. The molecule has 94 valence electrons. The zero-order valence-electron chi connectivity index (χ0n) is 10.2. The van der Waals surface area contributed by atoms with Gasteiger partial charge in [0.1, 0.15) is 0 Å². The number of rotatable bonds is 6. The molecule has 0 radical (unpaired) electrons. The van der Waals surface area contributed by atoms with E-state index in [0.29, 0.717) is 5.41 Å². The van der Waals surface area contributed by atoms with Crippen molar-refractivity contribution in [2.75, 3.05) is 13.1 Å². The Morgan fingerprint density at radius 1 is 1.24 bits per heavy atom. The molecule has 1 nitrogen and oxygen atoms in total. The van der Waals surface area contributed by atoms with Gasteiger partial charge in [-0.15, -0.1) is 0 Å². The van der Waals surface area contributed by atoms with Crippen LogP contribution in [0.4, 0.5) is 0 Å². The topological polar surface area (TPSA) is 12.0 Å². The van der Waals surface area contributed by atoms with Crippen LogP contribution in [0.2, 0.25) is 10.0 Å². The van der Waals surface area contributed by atoms with Crippen molar-refractivity contribution in [1.82, 2.24) is 5.32 Å². The van der Waals surface area contributed by atoms with Gasteiger partial charge in [-0.3, -0.25) is 0 Å². The Morgan fingerprint density at radius 2 is 1.88 bits per heavy atom. The zero-order chi connectivity index (χ0) is 12.3. The summed E-state index contributed by atoms with van der Waals surface area (Å²) in [6.45, 7) is 4.37. The third kappa shape index (κ3) is 3.37. The van der Waals surface area contributed by atoms with Gasteiger partial charge >= 0.3 is 0 Å². The summed E-state index contributed by atoms with van der Waals surface area (Å²) in [4.78, 5) is 0. The molecule has 0 atom stereocenters. The van der Waals surface area contributed by atoms with Crippen molar-refractivity contribution in [3.05, 3.63) is 33.8 Å². The zero-order valence-corrected chi connectivity index (χ0v) is 11.7. The van der Waals surface area contributed by atoms with E-state index in [2.05, 4.69) is 12.2 Å². The van der Waals surface area contributed by atoms with E-state index >= 15 is 0 Å². The summed E-state index contributed by atoms with van der Waals surface area (Å²) in [5.74, 6) is 0. The van der Waals surface area contributed by atoms with E-state index in [1.54, 1.807) is 0 Å². The van der Waals surface area contributed by atoms with Gasteiger partial charge in [0.25, 0.3) is 0 Å². The smallest absolute Gasteiger partial charge is 0.0453 e. The van der Waals surface area contributed by atoms with Crippen molar-refractivity contribution in [2.45, 2.75) is 32.6 Å². The Hall–Kier alpha value is -0.240. The summed E-state index contributed by atoms with van der Waals surface area (Å²) in [5, 5.41) is 5.12. The van der Waals surface area contributed by atoms with Gasteiger partial charge in [0.15, 0.2) is 0 Å². The van der Waals surface area contributed by atoms with Crippen molar-refractivity contribution >= 4 is 23.2 Å². The van der Waals surface area contributed by atoms with Crippen LogP contribution >= 0.6 is 23.2 Å². The van der Waals surface area contributed by atoms with Gasteiger partial charge in [0, 0.05) is 16.6 Å². The van der Waals surface area contributed by atoms with Crippen LogP contribution in [0.5, 0.6) is 0 Å². The monoisotopic (exact) mass is 271 g/mol. The summed E-state index contributed by atoms with van der Waals surface area (Å²) in [5.41, 5.74) is 1.52. The Labute approximate surface area is 114 Å². The highest BCUT2D eigenvalue weighted by Crippen LogP contribution is 2.49. The molecule has 0 spiro atoms. The fourth-order valence-electron chi connectivity index (χ4n) is 2.20. The molecule has 1 aliphatic carbocycles. The van der Waals surface area contributed by atoms with E-state index in [1.165, 1.54) is 19.3 Å². The molecule has 1 fully saturated rings. The minimum Gasteiger partial charge on any atom is -0.316 e. The lowest BCUT2D eigenvalue weighted by molar-refractivity contribution is 0.456. The molecule has 2 rings (SSSR count). The first-order valence-electron chi connectivity index (χ1n) is 6.30. The van der Waals surface area contributed by atoms with Crippen LogP contribution < -0.4 is 5.32 Å². The maximum atomic E-state index is 6.22. The number of benzene rings is 1. The highest BCUT2D eigenvalue weighted by molar-refractivity contribution is 6.36. The largest absolute Gasteiger partial charge is 0.316 e. The highest BCUT2D eigenvalue weighted by atomic mass is 35.5. The van der Waals surface area contributed by atoms with Crippen molar-refractivity contribution < 1.29 is 0 Å². The van der Waals surface area contributed by atoms with Crippen LogP contribution in [-0.4, -0.2) is 13.1 Å². The summed E-state index contributed by atoms with van der Waals surface area (Å²) in [6, 6.07) is 5.76. The highest BCUT2D eigenvalue weighted by Gasteiger charge is 2.42. The average molecular weight is 272 g/mol. The molecule has 0 aromatic heterocycles. The molecule has 1 aliphatic rings. The molecule has 0 saturated heterocycles. The molecule has 1 N–H and O–H groups in total. The molecule has 1 saturated carbocycles. The normalized spacial score (nSPS) is 17.1. The summed E-state index contributed by atoms with van der Waals surface area (Å²) in [7, 11) is 0. The van der Waals surface area contributed by atoms with E-state index in [0.717, 1.165) is 35.1 Å². The van der Waals surface area contributed by atoms with Gasteiger partial charge in [0.2, 0.25) is 0 Å². The summed E-state index contributed by atoms with van der Waals surface area (Å²) >= 11 is 12.4. The van der Waals surface area contributed by atoms with Gasteiger partial charge in [-0.05, 0) is 55.3 Å². The molecular formula is C14H19Cl2N. The SMILES string of the molecule is CCCNCC1(Cc2c(Cl)cccc2Cl)CC1. The van der Waals surface area contributed by atoms with Gasteiger partial charge in [-0.25, -0.2) is 0 Å². The lowest BCUT2D eigenvalue weighted by Crippen LogP contribution is -2.26. The minimum absolute atomic E-state index is 0.407. The first-order chi connectivity index (χ1) is 8.17. The Kier molecular flexibility index (Phi) is 4.35. The Morgan fingerprint density at radius 3 is 2.41 bits per heavy atom. The number of nitrogens with one attached hydrogen (secondary N) is 1. The van der Waals surface area contributed by atoms with Crippen molar-refractivity contribution in [3.8, 4) is 0 Å². The van der Waals surface area contributed by atoms with E-state index in [4.69, 9.17) is 23.2 Å². The van der Waals surface area contributed by atoms with Gasteiger partial charge in [0.05, 0.1) is 0 Å². The second-order valence-corrected chi connectivity index (χ2v) is 5.87. The second kappa shape index (κ2) is 5.60. The second-order valence-electron chi connectivity index (χ2n) is 5.05. The predicted octanol–water partition coefficient (Wildman–Crippen LogP) is 4.32. The van der Waals surface area contributed by atoms with Gasteiger partial charge < -0.3 is 5.32 Å². The van der Waals surface area contributed by atoms with Crippen LogP contribution in [0.15, 0.2) is 18.2 Å². The Bertz CT molecular complexity index is 366. The first kappa shape index (κ1) is 13.2. The van der Waals surface area contributed by atoms with E-state index in [9.17, 15) is 0 Å². The molecule has 0 bridgehead atoms. The molecule has 1 aromatic carbocycles. The lowest BCUT2D eigenvalue weighted by Gasteiger charge is -2.17. The minimum atomic E-state index is 0.407. The fourth-order valence-corrected chi connectivity index (χ4v) is 2.73. The Balaban J connectivity index is 2.00. The molecule has 0 heterocycles. The molecule has 0 amide bonds. The standard InChI is InChI=1S/C14H19Cl2N/c1-2-8-17-10-14(6-7-14)9-11-12(15)4-3-5-13(11)16/h3-5,17H,2,6-10H2,1H3. The van der Waals surface area contributed by atoms with E-state index < -0.39 is 0 Å². The number of hydrogen-bond donors (Lipinski definition) is 1. The van der Waals surface area contributed by atoms with Crippen molar-refractivity contribution in [3.63, 3.8) is 0 Å². The lowest BCUT2D eigenvalue weighted by atomic mass is 9.96. The average Bonchev–Trinajstić information content (AvgIpc) is 3.05. The maximum Gasteiger partial charge on any atom is 0.0453 e. The number of halogens is 2. The van der Waals surface area contributed by atoms with Crippen LogP contribution in [0, 0.1) is 5.41 Å². The van der Waals surface area contributed by atoms with E-state index in [1.807, 2.05) is 18.2 Å². The third-order valence-electron chi connectivity index (χ3n) is 3.50. The summed E-state index contributed by atoms with van der Waals surface area (Å²) < 4.78 is 0. The molecule has 1 aromatic rings. The maximum absolute atomic E-state index is 6.22. The number of hydrogen-bond acceptors (Lipinski definition) is 1. The van der Waals surface area contributed by atoms with Crippen molar-refractivity contribution in [2.24, 2.45) is 5.41 Å². The van der Waals surface area contributed by atoms with Crippen LogP contribution in [0.25, 0.3) is 0 Å². The molecule has 0 unspecified atom stereocenters. The molecule has 0 aliphatic heterocycles. The van der Waals surface area contributed by atoms with Gasteiger partial charge in [-0.2, -0.15) is 0 Å². The van der Waals surface area contributed by atoms with Crippen molar-refractivity contribution in [1.29, 1.82) is 0 Å². The summed E-state index contributed by atoms with van der Waals surface area (Å²) in [6.07, 6.45) is 4.75. The van der Waals surface area contributed by atoms with Crippen LogP contribution in [-0.2, 0) is 6.42 Å². The molecule has 17 heavy (non-hydrogen) atoms. The van der Waals surface area contributed by atoms with Crippen LogP contribution in [0.1, 0.15) is 31.7 Å². The first-order valence-corrected chi connectivity index (χ1v) is 7.06. The van der Waals surface area contributed by atoms with Gasteiger partial charge in [-0.1, -0.05) is 36.2 Å². The molecular weight excluding hydrogens is 253 g/mol. The van der Waals surface area contributed by atoms with E-state index in [-0.39, 0.29) is 0 Å². The molecule has 3 heteroatoms. The van der Waals surface area contributed by atoms with Crippen LogP contribution in [0.3, 0.4) is 0 Å². The fraction of sp³-hybridized carbons (Fsp3) is 0.571. The quantitative estimate of drug-likeness (QED) is 0.761. The third-order valence-corrected chi connectivity index (χ3v) is 4.21.